The summed E-state index contributed by atoms with van der Waals surface area (Å²) in [7, 11) is 8.13. The van der Waals surface area contributed by atoms with E-state index < -0.39 is 39.9 Å². The molecule has 10 N–H and O–H groups in total. The Balaban J connectivity index is 0.000000142. The Morgan fingerprint density at radius 2 is 0.847 bits per heavy atom. The first kappa shape index (κ1) is 91.9. The summed E-state index contributed by atoms with van der Waals surface area (Å²) in [6.07, 6.45) is -3.13. The Hall–Kier alpha value is -11.3. The zero-order chi connectivity index (χ0) is 89.9. The molecule has 5 aromatic heterocycles. The van der Waals surface area contributed by atoms with Crippen LogP contribution in [-0.4, -0.2) is 125 Å². The molecule has 16 rings (SSSR count). The number of carbonyl (C=O) groups excluding carboxylic acids is 5. The Morgan fingerprint density at radius 1 is 0.435 bits per heavy atom. The fourth-order valence-corrected chi connectivity index (χ4v) is 20.3. The molecule has 11 aromatic rings. The monoisotopic (exact) mass is 1850 g/mol. The molecule has 5 aliphatic rings. The molecule has 0 saturated carbocycles. The summed E-state index contributed by atoms with van der Waals surface area (Å²) >= 11 is 31.6. The lowest BCUT2D eigenvalue weighted by Gasteiger charge is -2.40. The number of carbonyl (C=O) groups is 5. The van der Waals surface area contributed by atoms with Gasteiger partial charge in [-0.15, -0.1) is 69.9 Å². The van der Waals surface area contributed by atoms with Crippen molar-refractivity contribution >= 4 is 162 Å². The summed E-state index contributed by atoms with van der Waals surface area (Å²) in [6.45, 7) is 9.55. The summed E-state index contributed by atoms with van der Waals surface area (Å²) in [5.74, 6) is -0.325. The number of thiophene rings is 5. The van der Waals surface area contributed by atoms with Crippen molar-refractivity contribution in [3.05, 3.63) is 260 Å². The van der Waals surface area contributed by atoms with E-state index in [9.17, 15) is 46.8 Å². The van der Waals surface area contributed by atoms with Crippen LogP contribution < -0.4 is 33.4 Å². The summed E-state index contributed by atoms with van der Waals surface area (Å²) in [5, 5.41) is 17.2. The van der Waals surface area contributed by atoms with Crippen LogP contribution in [0.2, 0.25) is 20.1 Å². The number of nitrogens with two attached hydrogens (primary N) is 5. The molecule has 0 unspecified atom stereocenters. The number of rotatable bonds is 13. The van der Waals surface area contributed by atoms with E-state index >= 15 is 0 Å². The molecule has 6 aromatic carbocycles. The lowest BCUT2D eigenvalue weighted by Crippen LogP contribution is -2.54. The maximum atomic E-state index is 13.3. The van der Waals surface area contributed by atoms with E-state index in [0.717, 1.165) is 78.6 Å². The molecule has 5 amide bonds. The third-order valence-electron chi connectivity index (χ3n) is 21.4. The van der Waals surface area contributed by atoms with E-state index in [1.807, 2.05) is 155 Å². The van der Waals surface area contributed by atoms with Gasteiger partial charge in [-0.05, 0) is 216 Å². The van der Waals surface area contributed by atoms with Crippen LogP contribution in [-0.2, 0) is 58.1 Å². The fourth-order valence-electron chi connectivity index (χ4n) is 14.1. The Morgan fingerprint density at radius 3 is 1.31 bits per heavy atom. The van der Waals surface area contributed by atoms with Gasteiger partial charge in [0.05, 0.1) is 48.3 Å². The van der Waals surface area contributed by atoms with Gasteiger partial charge in [0.15, 0.2) is 29.8 Å². The Labute approximate surface area is 753 Å². The average Bonchev–Trinajstić information content (AvgIpc) is 1.06. The van der Waals surface area contributed by atoms with E-state index in [2.05, 4.69) is 48.3 Å². The summed E-state index contributed by atoms with van der Waals surface area (Å²) in [4.78, 5) is 97.6. The third-order valence-corrected chi connectivity index (χ3v) is 28.7. The van der Waals surface area contributed by atoms with Crippen molar-refractivity contribution in [1.82, 2.24) is 24.5 Å². The van der Waals surface area contributed by atoms with Crippen LogP contribution >= 0.6 is 103 Å². The van der Waals surface area contributed by atoms with Gasteiger partial charge >= 0.3 is 6.36 Å². The molecule has 642 valence electrons. The number of halogens is 8. The van der Waals surface area contributed by atoms with Crippen molar-refractivity contribution in [3.63, 3.8) is 0 Å². The summed E-state index contributed by atoms with van der Waals surface area (Å²) in [5.41, 5.74) is 35.1. The van der Waals surface area contributed by atoms with Crippen LogP contribution in [0.4, 0.5) is 17.6 Å². The number of aliphatic imine (C=N–C) groups is 5. The SMILES string of the molecule is CN1C(=O)C[C@@](C)(c2cc(-c3ccc(F)c(Cl)c3)cs2)N=C1N.CN1C(=O)C[C@@](C)(c2cc(-c3cccc(Cl)c3)cs2)N=C1N.CN1C(=O)C[C@@](C)(c2ccc(-c3cc(Cl)cc(Cl)c3)s2)N=C1N.CN1C(=O)C[C@@](C)(c2ccc(-c3cccc(OC(F)(F)F)c3)s2)N=C1N.CN1C(=O)[C@H](Cc2ccccc2)[C@@](C)(c2cc(-c3cccc(C#N)c3)cs2)N=C1N. The van der Waals surface area contributed by atoms with Crippen molar-refractivity contribution in [1.29, 1.82) is 5.26 Å². The molecule has 124 heavy (non-hydrogen) atoms. The van der Waals surface area contributed by atoms with Gasteiger partial charge in [0.1, 0.15) is 39.3 Å². The van der Waals surface area contributed by atoms with Crippen LogP contribution in [0, 0.1) is 23.1 Å². The zero-order valence-electron chi connectivity index (χ0n) is 68.5. The Bertz CT molecular complexity index is 6120. The molecule has 0 spiro atoms. The molecule has 0 aliphatic carbocycles. The van der Waals surface area contributed by atoms with E-state index in [0.29, 0.717) is 45.5 Å². The van der Waals surface area contributed by atoms with Crippen molar-refractivity contribution in [2.75, 3.05) is 35.2 Å². The van der Waals surface area contributed by atoms with Crippen molar-refractivity contribution < 1.29 is 46.3 Å². The first-order valence-electron chi connectivity index (χ1n) is 38.1. The number of ether oxygens (including phenoxy) is 1. The predicted octanol–water partition coefficient (Wildman–Crippen LogP) is 19.0. The van der Waals surface area contributed by atoms with E-state index in [1.165, 1.54) is 71.4 Å². The van der Waals surface area contributed by atoms with Crippen molar-refractivity contribution in [3.8, 4) is 66.1 Å². The number of nitrogens with zero attached hydrogens (tertiary/aromatic N) is 11. The highest BCUT2D eigenvalue weighted by atomic mass is 35.5. The van der Waals surface area contributed by atoms with Gasteiger partial charge in [-0.2, -0.15) is 5.26 Å². The minimum atomic E-state index is -4.74. The van der Waals surface area contributed by atoms with Crippen LogP contribution in [0.3, 0.4) is 0 Å². The van der Waals surface area contributed by atoms with Gasteiger partial charge in [-0.1, -0.05) is 119 Å². The van der Waals surface area contributed by atoms with Gasteiger partial charge in [-0.3, -0.25) is 48.5 Å². The van der Waals surface area contributed by atoms with Gasteiger partial charge in [-0.25, -0.2) is 29.4 Å². The highest BCUT2D eigenvalue weighted by Crippen LogP contribution is 2.48. The normalized spacial score (nSPS) is 21.4. The number of nitriles is 1. The first-order valence-corrected chi connectivity index (χ1v) is 43.9. The second-order valence-electron chi connectivity index (χ2n) is 30.7. The van der Waals surface area contributed by atoms with E-state index in [4.69, 9.17) is 80.1 Å². The molecule has 10 heterocycles. The quantitative estimate of drug-likeness (QED) is 0.0673. The van der Waals surface area contributed by atoms with Crippen LogP contribution in [0.5, 0.6) is 5.75 Å². The first-order chi connectivity index (χ1) is 58.5. The fraction of sp³-hybridized carbons (Fsp3) is 0.247. The van der Waals surface area contributed by atoms with Gasteiger partial charge in [0.2, 0.25) is 29.5 Å². The molecule has 0 bridgehead atoms. The Kier molecular flexibility index (Phi) is 27.6. The largest absolute Gasteiger partial charge is 0.573 e. The minimum Gasteiger partial charge on any atom is -0.406 e. The lowest BCUT2D eigenvalue weighted by molar-refractivity contribution is -0.274. The summed E-state index contributed by atoms with van der Waals surface area (Å²) < 4.78 is 54.4. The molecule has 0 saturated heterocycles. The predicted molar refractivity (Wildman–Crippen MR) is 491 cm³/mol. The van der Waals surface area contributed by atoms with E-state index in [1.54, 1.807) is 106 Å². The van der Waals surface area contributed by atoms with Gasteiger partial charge < -0.3 is 33.4 Å². The molecule has 22 nitrogen and oxygen atoms in total. The number of hydrogen-bond donors (Lipinski definition) is 5. The molecular weight excluding hydrogens is 1770 g/mol. The topological polar surface area (TPSA) is 326 Å². The third kappa shape index (κ3) is 20.9. The molecule has 35 heteroatoms. The average molecular weight is 1850 g/mol. The van der Waals surface area contributed by atoms with Gasteiger partial charge in [0.25, 0.3) is 0 Å². The number of amides is 5. The minimum absolute atomic E-state index is 0.0206. The molecule has 0 radical (unpaired) electrons. The van der Waals surface area contributed by atoms with Crippen molar-refractivity contribution in [2.24, 2.45) is 59.5 Å². The van der Waals surface area contributed by atoms with Crippen LogP contribution in [0.1, 0.15) is 95.8 Å². The number of benzene rings is 6. The van der Waals surface area contributed by atoms with Crippen LogP contribution in [0.25, 0.3) is 54.3 Å². The maximum absolute atomic E-state index is 13.3. The van der Waals surface area contributed by atoms with Crippen molar-refractivity contribution in [2.45, 2.75) is 101 Å². The standard InChI is InChI=1S/C24H22N4OS.C17H16F3N3O2S.C16H15Cl2N3OS.C16H15ClFN3OS.C16H16ClN3OS/c1-24(21-13-19(15-30-21)18-10-6-9-17(11-18)14-25)20(12-16-7-4-3-5-8-16)22(29)28(2)23(26)27-24;1-16(9-14(24)23(2)15(21)22-16)13-7-6-12(26-13)10-4-3-5-11(8-10)25-17(18,19)20;1-16(8-14(22)21(2)15(19)20-16)13-4-3-12(23-13)9-5-10(17)7-11(18)6-9;1-16(7-14(22)21(2)15(19)20-16)13-6-10(8-23-13)9-3-4-12(18)11(17)5-9;1-16(8-14(21)20(2)15(18)19-16)13-7-11(9-22-13)10-4-3-5-12(17)6-10/h3-11,13,15,20H,12H2,1-2H3,(H2,26,27);3-8H,9H2,1-2H3,(H2,21,22);3-7H,8H2,1-2H3,(H2,19,20);3-6,8H,7H2,1-2H3,(H2,19,20);3-7,9H,8H2,1-2H3,(H2,18,19)/t20-,24-;4*16-/m00000/s1. The maximum Gasteiger partial charge on any atom is 0.573 e. The highest BCUT2D eigenvalue weighted by molar-refractivity contribution is 7.16. The second-order valence-corrected chi connectivity index (χ2v) is 37.4. The summed E-state index contributed by atoms with van der Waals surface area (Å²) in [6, 6.07) is 56.8. The van der Waals surface area contributed by atoms with Gasteiger partial charge in [0, 0.05) is 84.4 Å². The number of guanidine groups is 5. The highest BCUT2D eigenvalue weighted by Gasteiger charge is 2.48. The lowest BCUT2D eigenvalue weighted by atomic mass is 9.78. The molecule has 5 aliphatic heterocycles. The smallest absolute Gasteiger partial charge is 0.406 e. The number of alkyl halides is 3. The molecule has 6 atom stereocenters. The van der Waals surface area contributed by atoms with E-state index in [-0.39, 0.29) is 88.9 Å². The number of hydrogen-bond acceptors (Lipinski definition) is 22. The zero-order valence-corrected chi connectivity index (χ0v) is 75.6. The molecular formula is C89H84Cl4F4N16O6S5. The second kappa shape index (κ2) is 37.2. The van der Waals surface area contributed by atoms with Crippen LogP contribution in [0.15, 0.2) is 223 Å². The molecule has 0 fully saturated rings.